The molecule has 0 unspecified atom stereocenters. The first kappa shape index (κ1) is 62.7. The van der Waals surface area contributed by atoms with Gasteiger partial charge in [0.2, 0.25) is 0 Å². The third kappa shape index (κ3) is 12.0. The van der Waals surface area contributed by atoms with Crippen LogP contribution in [-0.4, -0.2) is 56.9 Å². The van der Waals surface area contributed by atoms with Gasteiger partial charge in [-0.05, 0) is 291 Å². The lowest BCUT2D eigenvalue weighted by Crippen LogP contribution is -2.08. The van der Waals surface area contributed by atoms with Gasteiger partial charge in [0.15, 0.2) is 0 Å². The Morgan fingerprint density at radius 1 is 0.221 bits per heavy atom. The summed E-state index contributed by atoms with van der Waals surface area (Å²) in [7, 11) is 13.8. The third-order valence-corrected chi connectivity index (χ3v) is 17.1. The highest BCUT2D eigenvalue weighted by molar-refractivity contribution is 5.93. The average molecular weight is 1050 g/mol. The molecule has 7 aromatic rings. The maximum absolute atomic E-state index is 5.65. The normalized spacial score (nSPS) is 10.6. The van der Waals surface area contributed by atoms with Crippen LogP contribution >= 0.6 is 0 Å². The first-order valence-corrected chi connectivity index (χ1v) is 26.6. The van der Waals surface area contributed by atoms with Crippen molar-refractivity contribution in [2.75, 3.05) is 56.9 Å². The summed E-state index contributed by atoms with van der Waals surface area (Å²) >= 11 is 0. The van der Waals surface area contributed by atoms with Crippen LogP contribution in [-0.2, 0) is 6.42 Å². The number of hydrogen-bond donors (Lipinski definition) is 0. The molecule has 77 heavy (non-hydrogen) atoms. The van der Waals surface area contributed by atoms with Gasteiger partial charge in [-0.25, -0.2) is 0 Å². The average Bonchev–Trinajstić information content (AvgIpc) is 3.43. The van der Waals surface area contributed by atoms with E-state index in [1.54, 1.807) is 56.9 Å². The smallest absolute Gasteiger partial charge is 0.126 e. The van der Waals surface area contributed by atoms with Crippen LogP contribution < -0.4 is 37.9 Å². The van der Waals surface area contributed by atoms with Gasteiger partial charge in [0.1, 0.15) is 46.0 Å². The van der Waals surface area contributed by atoms with Crippen molar-refractivity contribution in [3.8, 4) is 57.1 Å². The molecule has 0 radical (unpaired) electrons. The van der Waals surface area contributed by atoms with Crippen LogP contribution in [0.2, 0.25) is 0 Å². The van der Waals surface area contributed by atoms with Crippen LogP contribution in [0.4, 0.5) is 0 Å². The molecule has 0 aliphatic rings. The van der Waals surface area contributed by atoms with E-state index in [4.69, 9.17) is 37.9 Å². The highest BCUT2D eigenvalue weighted by atomic mass is 16.5. The second-order valence-corrected chi connectivity index (χ2v) is 20.6. The van der Waals surface area contributed by atoms with Gasteiger partial charge in [-0.1, -0.05) is 24.3 Å². The fourth-order valence-corrected chi connectivity index (χ4v) is 11.4. The zero-order valence-electron chi connectivity index (χ0n) is 52.4. The summed E-state index contributed by atoms with van der Waals surface area (Å²) in [6, 6.07) is 11.9. The first-order chi connectivity index (χ1) is 36.3. The molecule has 0 bridgehead atoms. The van der Waals surface area contributed by atoms with E-state index in [1.807, 2.05) is 36.4 Å². The van der Waals surface area contributed by atoms with Crippen LogP contribution in [0.15, 0.2) is 36.4 Å². The van der Waals surface area contributed by atoms with Gasteiger partial charge >= 0.3 is 0 Å². The Hall–Kier alpha value is -6.80. The van der Waals surface area contributed by atoms with Gasteiger partial charge in [-0.2, -0.15) is 0 Å². The van der Waals surface area contributed by atoms with Gasteiger partial charge in [0.25, 0.3) is 0 Å². The van der Waals surface area contributed by atoms with E-state index < -0.39 is 0 Å². The van der Waals surface area contributed by atoms with E-state index in [0.29, 0.717) is 0 Å². The van der Waals surface area contributed by atoms with Crippen molar-refractivity contribution >= 4 is 10.8 Å². The Morgan fingerprint density at radius 2 is 0.403 bits per heavy atom. The van der Waals surface area contributed by atoms with Crippen LogP contribution in [0.25, 0.3) is 21.9 Å². The van der Waals surface area contributed by atoms with E-state index in [2.05, 4.69) is 138 Å². The number of benzene rings is 7. The molecule has 0 heterocycles. The minimum Gasteiger partial charge on any atom is -0.496 e. The summed E-state index contributed by atoms with van der Waals surface area (Å²) in [5.74, 6) is 7.75. The molecule has 0 N–H and O–H groups in total. The SMILES string of the molecule is COc1c(C)c(C)c(-c2c(C)c(C)c(OC)c(C)c2C)c(C)c1C.COc1c(C)c(C)c(Cc2c(C)c(C)c(OC)c(C)c2C)c(C)c1C.COc1c(C)c(C)c(OC)c(C)c1C.COc1cccc2c(OC)cccc12. The van der Waals surface area contributed by atoms with Crippen LogP contribution in [0.5, 0.6) is 46.0 Å². The van der Waals surface area contributed by atoms with Crippen molar-refractivity contribution in [2.45, 2.75) is 145 Å². The van der Waals surface area contributed by atoms with Gasteiger partial charge in [0.05, 0.1) is 56.9 Å². The molecule has 0 saturated carbocycles. The highest BCUT2D eigenvalue weighted by Crippen LogP contribution is 2.45. The molecule has 0 aliphatic heterocycles. The van der Waals surface area contributed by atoms with Crippen molar-refractivity contribution in [3.05, 3.63) is 159 Å². The molecule has 7 rings (SSSR count). The largest absolute Gasteiger partial charge is 0.496 e. The van der Waals surface area contributed by atoms with Crippen LogP contribution in [0, 0.1) is 138 Å². The molecule has 0 atom stereocenters. The molecular weight excluding hydrogens is 957 g/mol. The number of rotatable bonds is 11. The lowest BCUT2D eigenvalue weighted by Gasteiger charge is -2.25. The molecule has 7 aromatic carbocycles. The quantitative estimate of drug-likeness (QED) is 0.127. The number of hydrogen-bond acceptors (Lipinski definition) is 8. The highest BCUT2D eigenvalue weighted by Gasteiger charge is 2.24. The fraction of sp³-hybridized carbons (Fsp3) is 0.420. The summed E-state index contributed by atoms with van der Waals surface area (Å²) in [4.78, 5) is 0. The molecule has 8 nitrogen and oxygen atoms in total. The Bertz CT molecular complexity index is 2940. The van der Waals surface area contributed by atoms with Crippen molar-refractivity contribution in [1.29, 1.82) is 0 Å². The first-order valence-electron chi connectivity index (χ1n) is 26.6. The van der Waals surface area contributed by atoms with E-state index >= 15 is 0 Å². The summed E-state index contributed by atoms with van der Waals surface area (Å²) in [6.45, 7) is 43.2. The predicted molar refractivity (Wildman–Crippen MR) is 325 cm³/mol. The van der Waals surface area contributed by atoms with Crippen molar-refractivity contribution in [2.24, 2.45) is 0 Å². The molecule has 0 saturated heterocycles. The van der Waals surface area contributed by atoms with Crippen molar-refractivity contribution in [1.82, 2.24) is 0 Å². The molecule has 416 valence electrons. The summed E-state index contributed by atoms with van der Waals surface area (Å²) in [6.07, 6.45) is 0.951. The Balaban J connectivity index is 0.000000229. The van der Waals surface area contributed by atoms with Crippen molar-refractivity contribution < 1.29 is 37.9 Å². The van der Waals surface area contributed by atoms with Gasteiger partial charge in [0, 0.05) is 10.8 Å². The lowest BCUT2D eigenvalue weighted by molar-refractivity contribution is 0.392. The monoisotopic (exact) mass is 1050 g/mol. The summed E-state index contributed by atoms with van der Waals surface area (Å²) in [5, 5.41) is 2.16. The topological polar surface area (TPSA) is 73.8 Å². The molecule has 8 heteroatoms. The van der Waals surface area contributed by atoms with Gasteiger partial charge in [-0.3, -0.25) is 0 Å². The lowest BCUT2D eigenvalue weighted by atomic mass is 9.82. The second kappa shape index (κ2) is 26.5. The molecule has 0 aliphatic carbocycles. The summed E-state index contributed by atoms with van der Waals surface area (Å²) < 4.78 is 43.9. The van der Waals surface area contributed by atoms with Gasteiger partial charge in [-0.15, -0.1) is 0 Å². The number of methoxy groups -OCH3 is 8. The predicted octanol–water partition coefficient (Wildman–Crippen LogP) is 17.4. The van der Waals surface area contributed by atoms with Crippen molar-refractivity contribution in [3.63, 3.8) is 0 Å². The molecule has 0 spiro atoms. The third-order valence-electron chi connectivity index (χ3n) is 17.1. The van der Waals surface area contributed by atoms with E-state index in [9.17, 15) is 0 Å². The molecule has 0 aromatic heterocycles. The number of ether oxygens (including phenoxy) is 8. The Labute approximate surface area is 464 Å². The number of fused-ring (bicyclic) bond motifs is 1. The summed E-state index contributed by atoms with van der Waals surface area (Å²) in [5.41, 5.74) is 30.6. The van der Waals surface area contributed by atoms with Crippen LogP contribution in [0.1, 0.15) is 122 Å². The Morgan fingerprint density at radius 3 is 0.584 bits per heavy atom. The molecule has 0 fully saturated rings. The van der Waals surface area contributed by atoms with E-state index in [1.165, 1.54) is 111 Å². The minimum atomic E-state index is 0.876. The van der Waals surface area contributed by atoms with Crippen LogP contribution in [0.3, 0.4) is 0 Å². The molecule has 0 amide bonds. The minimum absolute atomic E-state index is 0.876. The molecular formula is C69H92O8. The van der Waals surface area contributed by atoms with E-state index in [0.717, 1.165) is 85.4 Å². The Kier molecular flexibility index (Phi) is 21.6. The second-order valence-electron chi connectivity index (χ2n) is 20.6. The van der Waals surface area contributed by atoms with E-state index in [-0.39, 0.29) is 0 Å². The zero-order chi connectivity index (χ0) is 58.2. The standard InChI is InChI=1S/C23H32O2.C22H30O2.C12H12O2.C12H18O2/c1-12-16(5)22(24-9)17(6)13(2)20(12)11-21-14(3)18(7)23(25-10)19(8)15(21)4;1-11-15(5)21(23-9)16(6)12(2)19(11)20-13(3)17(7)22(24-10)18(8)14(20)4;1-13-11-7-3-6-10-9(11)5-4-8-12(10)14-2;1-7-8(2)12(14-6)10(4)9(3)11(7)13-5/h11H2,1-10H3;1-10H3;3-8H,1-2H3;1-6H3. The maximum atomic E-state index is 5.65. The maximum Gasteiger partial charge on any atom is 0.126 e. The zero-order valence-corrected chi connectivity index (χ0v) is 52.4. The fourth-order valence-electron chi connectivity index (χ4n) is 11.4. The van der Waals surface area contributed by atoms with Gasteiger partial charge < -0.3 is 37.9 Å².